The molecular weight excluding hydrogens is 467 g/mol. The summed E-state index contributed by atoms with van der Waals surface area (Å²) in [6, 6.07) is 8.61. The number of β-amino-alcohol motifs (C(OH)–C–C–N with tert-alkyl or cyclic N) is 1. The molecule has 9 heteroatoms. The summed E-state index contributed by atoms with van der Waals surface area (Å²) in [6.07, 6.45) is -0.00407. The van der Waals surface area contributed by atoms with Crippen LogP contribution in [0.15, 0.2) is 30.3 Å². The Labute approximate surface area is 203 Å². The average molecular weight is 495 g/mol. The largest absolute Gasteiger partial charge is 0.489 e. The molecule has 178 valence electrons. The van der Waals surface area contributed by atoms with Crippen molar-refractivity contribution < 1.29 is 24.2 Å². The Morgan fingerprint density at radius 1 is 1.21 bits per heavy atom. The summed E-state index contributed by atoms with van der Waals surface area (Å²) in [5, 5.41) is 14.2. The van der Waals surface area contributed by atoms with Gasteiger partial charge in [-0.1, -0.05) is 23.2 Å². The molecule has 0 bridgehead atoms. The zero-order valence-corrected chi connectivity index (χ0v) is 20.4. The number of aliphatic hydroxyl groups is 1. The van der Waals surface area contributed by atoms with Gasteiger partial charge in [-0.05, 0) is 50.1 Å². The van der Waals surface area contributed by atoms with Crippen molar-refractivity contribution in [3.8, 4) is 11.5 Å². The SMILES string of the molecule is CC(=O)Nc1cc(C)cc(C(C)=O)c1OCC(O)CN1CCC(Oc2ccc(Cl)c(Cl)c2)C1. The van der Waals surface area contributed by atoms with E-state index in [9.17, 15) is 14.7 Å². The number of ketones is 1. The van der Waals surface area contributed by atoms with E-state index in [1.807, 2.05) is 6.92 Å². The van der Waals surface area contributed by atoms with Crippen LogP contribution >= 0.6 is 23.2 Å². The van der Waals surface area contributed by atoms with Gasteiger partial charge in [0.15, 0.2) is 11.5 Å². The van der Waals surface area contributed by atoms with Crippen LogP contribution in [0.2, 0.25) is 10.0 Å². The highest BCUT2D eigenvalue weighted by molar-refractivity contribution is 6.42. The summed E-state index contributed by atoms with van der Waals surface area (Å²) < 4.78 is 11.8. The summed E-state index contributed by atoms with van der Waals surface area (Å²) in [5.41, 5.74) is 1.60. The molecule has 0 aliphatic carbocycles. The molecule has 1 saturated heterocycles. The minimum atomic E-state index is -0.792. The van der Waals surface area contributed by atoms with Gasteiger partial charge in [0.2, 0.25) is 5.91 Å². The van der Waals surface area contributed by atoms with Gasteiger partial charge in [-0.2, -0.15) is 0 Å². The minimum Gasteiger partial charge on any atom is -0.489 e. The van der Waals surface area contributed by atoms with Crippen LogP contribution in [0.25, 0.3) is 0 Å². The number of amides is 1. The van der Waals surface area contributed by atoms with Crippen molar-refractivity contribution >= 4 is 40.6 Å². The number of carbonyl (C=O) groups is 2. The second kappa shape index (κ2) is 11.2. The molecule has 1 amide bonds. The Kier molecular flexibility index (Phi) is 8.59. The fourth-order valence-corrected chi connectivity index (χ4v) is 4.09. The zero-order chi connectivity index (χ0) is 24.1. The molecule has 1 aliphatic heterocycles. The fourth-order valence-electron chi connectivity index (χ4n) is 3.80. The second-order valence-corrected chi connectivity index (χ2v) is 9.07. The van der Waals surface area contributed by atoms with Crippen molar-refractivity contribution in [3.63, 3.8) is 0 Å². The van der Waals surface area contributed by atoms with E-state index in [4.69, 9.17) is 32.7 Å². The minimum absolute atomic E-state index is 0.0231. The first-order valence-electron chi connectivity index (χ1n) is 10.7. The third kappa shape index (κ3) is 7.08. The standard InChI is InChI=1S/C24H28Cl2N2O5/c1-14-8-20(15(2)29)24(23(9-14)27-16(3)30)32-13-17(31)11-28-7-6-19(12-28)33-18-4-5-21(25)22(26)10-18/h4-5,8-10,17,19,31H,6-7,11-13H2,1-3H3,(H,27,30). The first kappa shape index (κ1) is 25.3. The molecule has 2 aromatic rings. The molecule has 0 saturated carbocycles. The number of ether oxygens (including phenoxy) is 2. The number of anilines is 1. The first-order valence-corrected chi connectivity index (χ1v) is 11.5. The van der Waals surface area contributed by atoms with E-state index in [2.05, 4.69) is 10.2 Å². The molecule has 3 rings (SSSR count). The molecular formula is C24H28Cl2N2O5. The van der Waals surface area contributed by atoms with Crippen LogP contribution in [0.4, 0.5) is 5.69 Å². The Morgan fingerprint density at radius 2 is 1.97 bits per heavy atom. The van der Waals surface area contributed by atoms with Crippen molar-refractivity contribution in [3.05, 3.63) is 51.5 Å². The molecule has 2 N–H and O–H groups in total. The lowest BCUT2D eigenvalue weighted by atomic mass is 10.1. The van der Waals surface area contributed by atoms with E-state index in [1.165, 1.54) is 13.8 Å². The van der Waals surface area contributed by atoms with Crippen LogP contribution in [-0.2, 0) is 4.79 Å². The molecule has 0 radical (unpaired) electrons. The van der Waals surface area contributed by atoms with E-state index >= 15 is 0 Å². The maximum Gasteiger partial charge on any atom is 0.221 e. The van der Waals surface area contributed by atoms with Crippen LogP contribution in [-0.4, -0.2) is 60.1 Å². The summed E-state index contributed by atoms with van der Waals surface area (Å²) in [7, 11) is 0. The first-order chi connectivity index (χ1) is 15.6. The van der Waals surface area contributed by atoms with Gasteiger partial charge < -0.3 is 19.9 Å². The van der Waals surface area contributed by atoms with Crippen molar-refractivity contribution in [2.24, 2.45) is 0 Å². The van der Waals surface area contributed by atoms with Gasteiger partial charge in [0.1, 0.15) is 24.6 Å². The third-order valence-corrected chi connectivity index (χ3v) is 5.97. The molecule has 0 aromatic heterocycles. The molecule has 1 heterocycles. The average Bonchev–Trinajstić information content (AvgIpc) is 3.15. The Balaban J connectivity index is 1.57. The molecule has 7 nitrogen and oxygen atoms in total. The summed E-state index contributed by atoms with van der Waals surface area (Å²) in [4.78, 5) is 25.8. The van der Waals surface area contributed by atoms with E-state index in [0.717, 1.165) is 18.5 Å². The van der Waals surface area contributed by atoms with E-state index in [-0.39, 0.29) is 30.2 Å². The smallest absolute Gasteiger partial charge is 0.221 e. The maximum atomic E-state index is 12.1. The number of carbonyl (C=O) groups excluding carboxylic acids is 2. The number of aliphatic hydroxyl groups excluding tert-OH is 1. The lowest BCUT2D eigenvalue weighted by molar-refractivity contribution is -0.114. The highest BCUT2D eigenvalue weighted by atomic mass is 35.5. The maximum absolute atomic E-state index is 12.1. The number of likely N-dealkylation sites (tertiary alicyclic amines) is 1. The van der Waals surface area contributed by atoms with E-state index in [0.29, 0.717) is 40.1 Å². The number of rotatable bonds is 9. The van der Waals surface area contributed by atoms with E-state index < -0.39 is 6.10 Å². The molecule has 1 fully saturated rings. The number of Topliss-reactive ketones (excluding diaryl/α,β-unsaturated/α-hetero) is 1. The zero-order valence-electron chi connectivity index (χ0n) is 18.9. The van der Waals surface area contributed by atoms with Gasteiger partial charge >= 0.3 is 0 Å². The van der Waals surface area contributed by atoms with Gasteiger partial charge in [0.25, 0.3) is 0 Å². The van der Waals surface area contributed by atoms with Gasteiger partial charge in [-0.15, -0.1) is 0 Å². The Hall–Kier alpha value is -2.32. The van der Waals surface area contributed by atoms with Crippen LogP contribution < -0.4 is 14.8 Å². The van der Waals surface area contributed by atoms with Crippen molar-refractivity contribution in [2.45, 2.75) is 39.4 Å². The highest BCUT2D eigenvalue weighted by Gasteiger charge is 2.26. The predicted molar refractivity (Wildman–Crippen MR) is 129 cm³/mol. The molecule has 2 atom stereocenters. The van der Waals surface area contributed by atoms with Gasteiger partial charge in [0, 0.05) is 32.6 Å². The number of nitrogens with zero attached hydrogens (tertiary/aromatic N) is 1. The monoisotopic (exact) mass is 494 g/mol. The van der Waals surface area contributed by atoms with Crippen LogP contribution in [0.3, 0.4) is 0 Å². The Morgan fingerprint density at radius 3 is 2.64 bits per heavy atom. The second-order valence-electron chi connectivity index (χ2n) is 8.26. The van der Waals surface area contributed by atoms with Crippen LogP contribution in [0, 0.1) is 6.92 Å². The lowest BCUT2D eigenvalue weighted by Gasteiger charge is -2.22. The van der Waals surface area contributed by atoms with Gasteiger partial charge in [-0.3, -0.25) is 14.5 Å². The molecule has 33 heavy (non-hydrogen) atoms. The number of halogens is 2. The molecule has 2 unspecified atom stereocenters. The molecule has 1 aliphatic rings. The number of aryl methyl sites for hydroxylation is 1. The topological polar surface area (TPSA) is 88.1 Å². The van der Waals surface area contributed by atoms with Crippen LogP contribution in [0.5, 0.6) is 11.5 Å². The molecule has 0 spiro atoms. The molecule has 2 aromatic carbocycles. The van der Waals surface area contributed by atoms with Gasteiger partial charge in [0.05, 0.1) is 21.3 Å². The van der Waals surface area contributed by atoms with Crippen LogP contribution in [0.1, 0.15) is 36.2 Å². The predicted octanol–water partition coefficient (Wildman–Crippen LogP) is 4.36. The third-order valence-electron chi connectivity index (χ3n) is 5.24. The summed E-state index contributed by atoms with van der Waals surface area (Å²) in [6.45, 7) is 6.44. The number of hydrogen-bond donors (Lipinski definition) is 2. The van der Waals surface area contributed by atoms with Crippen molar-refractivity contribution in [1.29, 1.82) is 0 Å². The summed E-state index contributed by atoms with van der Waals surface area (Å²) in [5.74, 6) is 0.466. The Bertz CT molecular complexity index is 1030. The lowest BCUT2D eigenvalue weighted by Crippen LogP contribution is -2.35. The van der Waals surface area contributed by atoms with Gasteiger partial charge in [-0.25, -0.2) is 0 Å². The van der Waals surface area contributed by atoms with Crippen molar-refractivity contribution in [1.82, 2.24) is 4.90 Å². The normalized spacial score (nSPS) is 17.0. The summed E-state index contributed by atoms with van der Waals surface area (Å²) >= 11 is 12.0. The number of nitrogens with one attached hydrogen (secondary N) is 1. The number of hydrogen-bond acceptors (Lipinski definition) is 6. The highest BCUT2D eigenvalue weighted by Crippen LogP contribution is 2.32. The van der Waals surface area contributed by atoms with Crippen molar-refractivity contribution in [2.75, 3.05) is 31.6 Å². The fraction of sp³-hybridized carbons (Fsp3) is 0.417. The van der Waals surface area contributed by atoms with E-state index in [1.54, 1.807) is 30.3 Å². The number of benzene rings is 2. The quantitative estimate of drug-likeness (QED) is 0.503.